The van der Waals surface area contributed by atoms with Crippen LogP contribution in [0.2, 0.25) is 0 Å². The van der Waals surface area contributed by atoms with E-state index < -0.39 is 11.4 Å². The summed E-state index contributed by atoms with van der Waals surface area (Å²) in [4.78, 5) is 24.3. The SMILES string of the molecule is CNC(=O)CC(c1ccc(C)cc1)(c1ccc(C)cc1)C1CCCc2c(OCC(=O)O)cccc21. The molecule has 0 heterocycles. The van der Waals surface area contributed by atoms with Gasteiger partial charge in [0, 0.05) is 18.9 Å². The Kier molecular flexibility index (Phi) is 7.25. The second-order valence-electron chi connectivity index (χ2n) is 9.50. The molecule has 3 aromatic rings. The summed E-state index contributed by atoms with van der Waals surface area (Å²) in [5, 5.41) is 12.0. The maximum Gasteiger partial charge on any atom is 0.341 e. The number of ether oxygens (including phenoxy) is 1. The average Bonchev–Trinajstić information content (AvgIpc) is 2.86. The molecule has 182 valence electrons. The third-order valence-corrected chi connectivity index (χ3v) is 7.26. The molecule has 1 aliphatic carbocycles. The molecule has 35 heavy (non-hydrogen) atoms. The van der Waals surface area contributed by atoms with Gasteiger partial charge in [0.05, 0.1) is 0 Å². The molecule has 0 radical (unpaired) electrons. The Morgan fingerprint density at radius 3 is 2.11 bits per heavy atom. The van der Waals surface area contributed by atoms with Crippen LogP contribution in [-0.2, 0) is 21.4 Å². The number of carbonyl (C=O) groups excluding carboxylic acids is 1. The van der Waals surface area contributed by atoms with Crippen LogP contribution < -0.4 is 10.1 Å². The normalized spacial score (nSPS) is 15.2. The van der Waals surface area contributed by atoms with Crippen LogP contribution in [0.25, 0.3) is 0 Å². The van der Waals surface area contributed by atoms with Gasteiger partial charge in [0.2, 0.25) is 5.91 Å². The Morgan fingerprint density at radius 2 is 1.57 bits per heavy atom. The van der Waals surface area contributed by atoms with Crippen molar-refractivity contribution >= 4 is 11.9 Å². The van der Waals surface area contributed by atoms with Crippen molar-refractivity contribution in [2.45, 2.75) is 50.9 Å². The second-order valence-corrected chi connectivity index (χ2v) is 9.50. The van der Waals surface area contributed by atoms with Gasteiger partial charge < -0.3 is 15.2 Å². The highest BCUT2D eigenvalue weighted by molar-refractivity contribution is 5.79. The van der Waals surface area contributed by atoms with E-state index in [1.807, 2.05) is 12.1 Å². The molecule has 0 saturated carbocycles. The second kappa shape index (κ2) is 10.3. The van der Waals surface area contributed by atoms with E-state index in [0.717, 1.165) is 41.5 Å². The summed E-state index contributed by atoms with van der Waals surface area (Å²) in [5.41, 5.74) is 6.12. The first-order valence-corrected chi connectivity index (χ1v) is 12.2. The molecule has 0 fully saturated rings. The van der Waals surface area contributed by atoms with Crippen LogP contribution in [0.4, 0.5) is 0 Å². The van der Waals surface area contributed by atoms with Crippen molar-refractivity contribution in [3.05, 3.63) is 100 Å². The lowest BCUT2D eigenvalue weighted by molar-refractivity contribution is -0.139. The zero-order valence-corrected chi connectivity index (χ0v) is 20.6. The molecule has 5 nitrogen and oxygen atoms in total. The summed E-state index contributed by atoms with van der Waals surface area (Å²) in [6.45, 7) is 3.76. The van der Waals surface area contributed by atoms with Crippen LogP contribution in [0.3, 0.4) is 0 Å². The summed E-state index contributed by atoms with van der Waals surface area (Å²) in [5.74, 6) is -0.376. The Hall–Kier alpha value is -3.60. The van der Waals surface area contributed by atoms with Crippen LogP contribution >= 0.6 is 0 Å². The fraction of sp³-hybridized carbons (Fsp3) is 0.333. The number of amides is 1. The summed E-state index contributed by atoms with van der Waals surface area (Å²) >= 11 is 0. The molecule has 0 aromatic heterocycles. The summed E-state index contributed by atoms with van der Waals surface area (Å²) < 4.78 is 5.69. The predicted molar refractivity (Wildman–Crippen MR) is 137 cm³/mol. The number of rotatable bonds is 8. The molecule has 1 amide bonds. The number of carboxylic acids is 1. The van der Waals surface area contributed by atoms with Crippen LogP contribution in [0, 0.1) is 13.8 Å². The van der Waals surface area contributed by atoms with Crippen molar-refractivity contribution in [3.63, 3.8) is 0 Å². The minimum absolute atomic E-state index is 0.0161. The topological polar surface area (TPSA) is 75.6 Å². The molecule has 1 aliphatic rings. The van der Waals surface area contributed by atoms with Gasteiger partial charge in [0.1, 0.15) is 5.75 Å². The lowest BCUT2D eigenvalue weighted by Crippen LogP contribution is -2.41. The monoisotopic (exact) mass is 471 g/mol. The van der Waals surface area contributed by atoms with Gasteiger partial charge in [0.15, 0.2) is 6.61 Å². The maximum atomic E-state index is 13.1. The van der Waals surface area contributed by atoms with Gasteiger partial charge in [-0.25, -0.2) is 4.79 Å². The number of benzene rings is 3. The minimum atomic E-state index is -0.997. The van der Waals surface area contributed by atoms with E-state index in [4.69, 9.17) is 9.84 Å². The lowest BCUT2D eigenvalue weighted by Gasteiger charge is -2.45. The Morgan fingerprint density at radius 1 is 0.971 bits per heavy atom. The quantitative estimate of drug-likeness (QED) is 0.467. The zero-order chi connectivity index (χ0) is 25.0. The molecule has 0 saturated heterocycles. The van der Waals surface area contributed by atoms with Gasteiger partial charge in [-0.2, -0.15) is 0 Å². The molecule has 0 spiro atoms. The zero-order valence-electron chi connectivity index (χ0n) is 20.6. The van der Waals surface area contributed by atoms with Gasteiger partial charge in [-0.1, -0.05) is 71.8 Å². The molecule has 1 atom stereocenters. The van der Waals surface area contributed by atoms with Gasteiger partial charge in [-0.3, -0.25) is 4.79 Å². The van der Waals surface area contributed by atoms with Crippen LogP contribution in [0.1, 0.15) is 58.6 Å². The minimum Gasteiger partial charge on any atom is -0.482 e. The number of carboxylic acid groups (broad SMARTS) is 1. The van der Waals surface area contributed by atoms with Crippen molar-refractivity contribution in [2.75, 3.05) is 13.7 Å². The molecular weight excluding hydrogens is 438 g/mol. The van der Waals surface area contributed by atoms with E-state index in [2.05, 4.69) is 73.8 Å². The largest absolute Gasteiger partial charge is 0.482 e. The first kappa shape index (κ1) is 24.5. The maximum absolute atomic E-state index is 13.1. The number of fused-ring (bicyclic) bond motifs is 1. The van der Waals surface area contributed by atoms with E-state index in [9.17, 15) is 9.59 Å². The van der Waals surface area contributed by atoms with Crippen molar-refractivity contribution < 1.29 is 19.4 Å². The lowest BCUT2D eigenvalue weighted by atomic mass is 9.58. The van der Waals surface area contributed by atoms with Crippen LogP contribution in [0.15, 0.2) is 66.7 Å². The van der Waals surface area contributed by atoms with E-state index in [1.165, 1.54) is 11.1 Å². The third-order valence-electron chi connectivity index (χ3n) is 7.26. The molecule has 0 bridgehead atoms. The molecule has 3 aromatic carbocycles. The van der Waals surface area contributed by atoms with Crippen molar-refractivity contribution in [2.24, 2.45) is 0 Å². The van der Waals surface area contributed by atoms with E-state index in [1.54, 1.807) is 7.05 Å². The van der Waals surface area contributed by atoms with Crippen molar-refractivity contribution in [3.8, 4) is 5.75 Å². The number of aliphatic carboxylic acids is 1. The van der Waals surface area contributed by atoms with Gasteiger partial charge in [0.25, 0.3) is 0 Å². The molecule has 4 rings (SSSR count). The van der Waals surface area contributed by atoms with Gasteiger partial charge in [-0.05, 0) is 67.3 Å². The highest BCUT2D eigenvalue weighted by Gasteiger charge is 2.46. The first-order chi connectivity index (χ1) is 16.8. The molecule has 2 N–H and O–H groups in total. The van der Waals surface area contributed by atoms with Crippen LogP contribution in [0.5, 0.6) is 5.75 Å². The Labute approximate surface area is 207 Å². The van der Waals surface area contributed by atoms with Crippen molar-refractivity contribution in [1.29, 1.82) is 0 Å². The number of carbonyl (C=O) groups is 2. The summed E-state index contributed by atoms with van der Waals surface area (Å²) in [6.07, 6.45) is 2.96. The molecule has 0 aliphatic heterocycles. The van der Waals surface area contributed by atoms with Gasteiger partial charge >= 0.3 is 5.97 Å². The fourth-order valence-electron chi connectivity index (χ4n) is 5.54. The summed E-state index contributed by atoms with van der Waals surface area (Å²) in [7, 11) is 1.68. The standard InChI is InChI=1S/C30H33NO4/c1-20-10-14-22(15-11-20)30(18-28(32)31-3,23-16-12-21(2)13-17-23)26-8-4-7-25-24(26)6-5-9-27(25)35-19-29(33)34/h5-6,9-17,26H,4,7-8,18-19H2,1-3H3,(H,31,32)(H,33,34). The highest BCUT2D eigenvalue weighted by atomic mass is 16.5. The number of nitrogens with one attached hydrogen (secondary N) is 1. The highest BCUT2D eigenvalue weighted by Crippen LogP contribution is 2.53. The van der Waals surface area contributed by atoms with Crippen molar-refractivity contribution in [1.82, 2.24) is 5.32 Å². The Balaban J connectivity index is 1.96. The number of hydrogen-bond acceptors (Lipinski definition) is 3. The smallest absolute Gasteiger partial charge is 0.341 e. The molecule has 1 unspecified atom stereocenters. The number of hydrogen-bond donors (Lipinski definition) is 2. The molecule has 5 heteroatoms. The number of aryl methyl sites for hydroxylation is 2. The van der Waals surface area contributed by atoms with E-state index >= 15 is 0 Å². The Bertz CT molecular complexity index is 1150. The van der Waals surface area contributed by atoms with Crippen LogP contribution in [-0.4, -0.2) is 30.6 Å². The van der Waals surface area contributed by atoms with Gasteiger partial charge in [-0.15, -0.1) is 0 Å². The van der Waals surface area contributed by atoms with E-state index in [0.29, 0.717) is 12.2 Å². The molecular formula is C30H33NO4. The first-order valence-electron chi connectivity index (χ1n) is 12.2. The third kappa shape index (κ3) is 4.95. The fourth-order valence-corrected chi connectivity index (χ4v) is 5.54. The van der Waals surface area contributed by atoms with E-state index in [-0.39, 0.29) is 18.4 Å². The average molecular weight is 472 g/mol. The predicted octanol–water partition coefficient (Wildman–Crippen LogP) is 5.31. The summed E-state index contributed by atoms with van der Waals surface area (Å²) in [6, 6.07) is 22.9.